The van der Waals surface area contributed by atoms with E-state index in [0.717, 1.165) is 15.4 Å². The van der Waals surface area contributed by atoms with Crippen molar-refractivity contribution < 1.29 is 4.79 Å². The monoisotopic (exact) mass is 313 g/mol. The van der Waals surface area contributed by atoms with Gasteiger partial charge >= 0.3 is 0 Å². The van der Waals surface area contributed by atoms with Crippen LogP contribution in [0.5, 0.6) is 0 Å². The molecule has 0 amide bonds. The molecule has 3 rings (SSSR count). The lowest BCUT2D eigenvalue weighted by molar-refractivity contribution is 0.102. The fraction of sp³-hybridized carbons (Fsp3) is 0.188. The summed E-state index contributed by atoms with van der Waals surface area (Å²) >= 11 is 1.48. The third-order valence-corrected chi connectivity index (χ3v) is 4.74. The summed E-state index contributed by atoms with van der Waals surface area (Å²) in [6.45, 7) is 2.25. The topological polar surface area (TPSA) is 66.1 Å². The molecule has 1 aromatic carbocycles. The smallest absolute Gasteiger partial charge is 0.258 e. The van der Waals surface area contributed by atoms with Crippen molar-refractivity contribution in [1.82, 2.24) is 9.97 Å². The van der Waals surface area contributed by atoms with Gasteiger partial charge in [-0.15, -0.1) is 11.3 Å². The third-order valence-electron chi connectivity index (χ3n) is 3.44. The lowest BCUT2D eigenvalue weighted by Gasteiger charge is -2.17. The maximum Gasteiger partial charge on any atom is 0.258 e. The van der Waals surface area contributed by atoms with Crippen molar-refractivity contribution in [1.29, 1.82) is 0 Å². The Hall–Kier alpha value is -2.47. The van der Waals surface area contributed by atoms with Crippen molar-refractivity contribution in [2.75, 3.05) is 11.9 Å². The number of thiophene rings is 1. The first-order chi connectivity index (χ1) is 10.5. The Kier molecular flexibility index (Phi) is 3.77. The van der Waals surface area contributed by atoms with Gasteiger partial charge < -0.3 is 9.88 Å². The Bertz CT molecular complexity index is 898. The van der Waals surface area contributed by atoms with Crippen LogP contribution in [0.2, 0.25) is 0 Å². The predicted octanol–water partition coefficient (Wildman–Crippen LogP) is 2.82. The molecular formula is C16H15N3O2S. The van der Waals surface area contributed by atoms with Gasteiger partial charge in [0, 0.05) is 13.6 Å². The molecule has 5 nitrogen and oxygen atoms in total. The zero-order chi connectivity index (χ0) is 15.7. The van der Waals surface area contributed by atoms with E-state index in [-0.39, 0.29) is 11.3 Å². The van der Waals surface area contributed by atoms with Crippen molar-refractivity contribution in [3.63, 3.8) is 0 Å². The fourth-order valence-electron chi connectivity index (χ4n) is 2.29. The summed E-state index contributed by atoms with van der Waals surface area (Å²) in [6, 6.07) is 9.43. The summed E-state index contributed by atoms with van der Waals surface area (Å²) in [5, 5.41) is 1.62. The molecule has 6 heteroatoms. The first-order valence-corrected chi connectivity index (χ1v) is 7.64. The quantitative estimate of drug-likeness (QED) is 0.752. The second-order valence-corrected chi connectivity index (χ2v) is 6.20. The predicted molar refractivity (Wildman–Crippen MR) is 88.8 cm³/mol. The number of Topliss-reactive ketones (excluding diaryl/α,β-unsaturated/α-hetero) is 1. The van der Waals surface area contributed by atoms with Crippen molar-refractivity contribution in [3.05, 3.63) is 57.5 Å². The molecule has 1 N–H and O–H groups in total. The van der Waals surface area contributed by atoms with Crippen molar-refractivity contribution in [2.45, 2.75) is 13.5 Å². The van der Waals surface area contributed by atoms with Gasteiger partial charge in [-0.25, -0.2) is 4.98 Å². The van der Waals surface area contributed by atoms with Crippen LogP contribution in [-0.2, 0) is 6.54 Å². The highest BCUT2D eigenvalue weighted by molar-refractivity contribution is 7.17. The molecule has 112 valence electrons. The number of nitrogens with zero attached hydrogens (tertiary/aromatic N) is 2. The van der Waals surface area contributed by atoms with Crippen LogP contribution >= 0.6 is 11.3 Å². The molecule has 0 bridgehead atoms. The molecule has 0 radical (unpaired) electrons. The molecule has 22 heavy (non-hydrogen) atoms. The Balaban J connectivity index is 1.85. The maximum absolute atomic E-state index is 11.7. The highest BCUT2D eigenvalue weighted by atomic mass is 32.1. The van der Waals surface area contributed by atoms with Crippen LogP contribution in [0.25, 0.3) is 10.9 Å². The summed E-state index contributed by atoms with van der Waals surface area (Å²) in [4.78, 5) is 32.6. The number of fused-ring (bicyclic) bond motifs is 1. The SMILES string of the molecule is CC(=O)c1ccc(N(C)Cc2ccc3c(=O)[nH]cnc3c2)s1. The summed E-state index contributed by atoms with van der Waals surface area (Å²) < 4.78 is 0. The minimum absolute atomic E-state index is 0.0822. The average molecular weight is 313 g/mol. The first-order valence-electron chi connectivity index (χ1n) is 6.83. The number of anilines is 1. The van der Waals surface area contributed by atoms with Gasteiger partial charge in [0.1, 0.15) is 0 Å². The molecule has 0 saturated carbocycles. The second kappa shape index (κ2) is 5.73. The van der Waals surface area contributed by atoms with E-state index in [4.69, 9.17) is 0 Å². The Labute approximate surface area is 131 Å². The van der Waals surface area contributed by atoms with Crippen molar-refractivity contribution in [2.24, 2.45) is 0 Å². The van der Waals surface area contributed by atoms with Gasteiger partial charge in [0.05, 0.1) is 27.1 Å². The van der Waals surface area contributed by atoms with E-state index in [1.54, 1.807) is 13.0 Å². The highest BCUT2D eigenvalue weighted by Gasteiger charge is 2.09. The van der Waals surface area contributed by atoms with Gasteiger partial charge in [-0.3, -0.25) is 9.59 Å². The number of carbonyl (C=O) groups excluding carboxylic acids is 1. The van der Waals surface area contributed by atoms with Gasteiger partial charge in [-0.1, -0.05) is 6.07 Å². The number of aromatic amines is 1. The Morgan fingerprint density at radius 1 is 1.32 bits per heavy atom. The number of benzene rings is 1. The minimum atomic E-state index is -0.130. The lowest BCUT2D eigenvalue weighted by Crippen LogP contribution is -2.15. The van der Waals surface area contributed by atoms with E-state index < -0.39 is 0 Å². The molecular weight excluding hydrogens is 298 g/mol. The van der Waals surface area contributed by atoms with Crippen LogP contribution in [0.3, 0.4) is 0 Å². The van der Waals surface area contributed by atoms with E-state index >= 15 is 0 Å². The number of nitrogens with one attached hydrogen (secondary N) is 1. The molecule has 2 heterocycles. The summed E-state index contributed by atoms with van der Waals surface area (Å²) in [7, 11) is 1.98. The van der Waals surface area contributed by atoms with Crippen LogP contribution in [0.15, 0.2) is 41.5 Å². The Morgan fingerprint density at radius 2 is 2.14 bits per heavy atom. The molecule has 0 fully saturated rings. The number of rotatable bonds is 4. The highest BCUT2D eigenvalue weighted by Crippen LogP contribution is 2.26. The van der Waals surface area contributed by atoms with Gasteiger partial charge in [0.25, 0.3) is 5.56 Å². The summed E-state index contributed by atoms with van der Waals surface area (Å²) in [6.07, 6.45) is 1.41. The number of hydrogen-bond acceptors (Lipinski definition) is 5. The molecule has 0 unspecified atom stereocenters. The second-order valence-electron chi connectivity index (χ2n) is 5.13. The minimum Gasteiger partial charge on any atom is -0.362 e. The molecule has 3 aromatic rings. The fourth-order valence-corrected chi connectivity index (χ4v) is 3.15. The van der Waals surface area contributed by atoms with Crippen LogP contribution in [-0.4, -0.2) is 22.8 Å². The van der Waals surface area contributed by atoms with E-state index in [2.05, 4.69) is 14.9 Å². The van der Waals surface area contributed by atoms with Gasteiger partial charge in [0.2, 0.25) is 0 Å². The van der Waals surface area contributed by atoms with E-state index in [9.17, 15) is 9.59 Å². The van der Waals surface area contributed by atoms with Gasteiger partial charge in [-0.05, 0) is 36.8 Å². The van der Waals surface area contributed by atoms with Crippen molar-refractivity contribution >= 4 is 33.0 Å². The number of ketones is 1. The zero-order valence-electron chi connectivity index (χ0n) is 12.3. The van der Waals surface area contributed by atoms with E-state index in [1.807, 2.05) is 31.3 Å². The zero-order valence-corrected chi connectivity index (χ0v) is 13.1. The van der Waals surface area contributed by atoms with Crippen LogP contribution < -0.4 is 10.5 Å². The first kappa shape index (κ1) is 14.5. The molecule has 0 spiro atoms. The number of carbonyl (C=O) groups is 1. The number of aromatic nitrogens is 2. The maximum atomic E-state index is 11.7. The molecule has 0 saturated heterocycles. The largest absolute Gasteiger partial charge is 0.362 e. The van der Waals surface area contributed by atoms with Gasteiger partial charge in [-0.2, -0.15) is 0 Å². The van der Waals surface area contributed by atoms with E-state index in [1.165, 1.54) is 17.7 Å². The lowest BCUT2D eigenvalue weighted by atomic mass is 10.1. The van der Waals surface area contributed by atoms with Crippen molar-refractivity contribution in [3.8, 4) is 0 Å². The van der Waals surface area contributed by atoms with Crippen LogP contribution in [0.1, 0.15) is 22.2 Å². The summed E-state index contributed by atoms with van der Waals surface area (Å²) in [5.74, 6) is 0.0822. The number of hydrogen-bond donors (Lipinski definition) is 1. The van der Waals surface area contributed by atoms with E-state index in [0.29, 0.717) is 17.4 Å². The summed E-state index contributed by atoms with van der Waals surface area (Å²) in [5.41, 5.74) is 1.62. The normalized spacial score (nSPS) is 10.8. The molecule has 0 aliphatic carbocycles. The van der Waals surface area contributed by atoms with Crippen LogP contribution in [0.4, 0.5) is 5.00 Å². The molecule has 0 aliphatic heterocycles. The van der Waals surface area contributed by atoms with Crippen LogP contribution in [0, 0.1) is 0 Å². The third kappa shape index (κ3) is 2.78. The number of H-pyrrole nitrogens is 1. The molecule has 2 aromatic heterocycles. The standard InChI is InChI=1S/C16H15N3O2S/c1-10(20)14-5-6-15(22-14)19(2)8-11-3-4-12-13(7-11)17-9-18-16(12)21/h3-7,9H,8H2,1-2H3,(H,17,18,21). The van der Waals surface area contributed by atoms with Gasteiger partial charge in [0.15, 0.2) is 5.78 Å². The Morgan fingerprint density at radius 3 is 2.86 bits per heavy atom. The average Bonchev–Trinajstić information content (AvgIpc) is 2.97. The molecule has 0 aliphatic rings. The molecule has 0 atom stereocenters.